The van der Waals surface area contributed by atoms with Crippen molar-refractivity contribution >= 4 is 8.96 Å². The van der Waals surface area contributed by atoms with Gasteiger partial charge in [0.05, 0.1) is 6.10 Å². The topological polar surface area (TPSA) is 30.5 Å². The molecule has 0 aromatic heterocycles. The number of hydrogen-bond acceptors (Lipinski definition) is 3. The molecule has 0 aliphatic heterocycles. The van der Waals surface area contributed by atoms with Crippen LogP contribution < -0.4 is 4.98 Å². The fourth-order valence-corrected chi connectivity index (χ4v) is 4.04. The molecule has 1 fully saturated rings. The van der Waals surface area contributed by atoms with Gasteiger partial charge in [0, 0.05) is 13.2 Å². The van der Waals surface area contributed by atoms with E-state index in [1.807, 2.05) is 0 Å². The molecule has 0 radical (unpaired) electrons. The van der Waals surface area contributed by atoms with E-state index in [-0.39, 0.29) is 11.8 Å². The summed E-state index contributed by atoms with van der Waals surface area (Å²) < 4.78 is 11.9. The van der Waals surface area contributed by atoms with Crippen LogP contribution in [-0.4, -0.2) is 34.0 Å². The third kappa shape index (κ3) is 3.55. The van der Waals surface area contributed by atoms with Crippen molar-refractivity contribution in [3.05, 3.63) is 0 Å². The summed E-state index contributed by atoms with van der Waals surface area (Å²) in [6.45, 7) is 10.3. The molecule has 0 aromatic carbocycles. The zero-order valence-electron chi connectivity index (χ0n) is 11.2. The van der Waals surface area contributed by atoms with E-state index in [2.05, 4.69) is 31.9 Å². The SMILES string of the molecule is CCOC1CCCCC1(N[SiH](C)C)OCC. The normalized spacial score (nSPS) is 30.9. The second kappa shape index (κ2) is 6.74. The minimum Gasteiger partial charge on any atom is -0.374 e. The fourth-order valence-electron chi connectivity index (χ4n) is 2.65. The van der Waals surface area contributed by atoms with Gasteiger partial charge in [-0.2, -0.15) is 0 Å². The summed E-state index contributed by atoms with van der Waals surface area (Å²) in [5.74, 6) is 0. The molecule has 4 heteroatoms. The van der Waals surface area contributed by atoms with Crippen molar-refractivity contribution in [1.29, 1.82) is 0 Å². The van der Waals surface area contributed by atoms with Crippen molar-refractivity contribution in [3.63, 3.8) is 0 Å². The van der Waals surface area contributed by atoms with Crippen LogP contribution in [0.25, 0.3) is 0 Å². The molecule has 1 aliphatic carbocycles. The number of rotatable bonds is 6. The molecule has 2 unspecified atom stereocenters. The van der Waals surface area contributed by atoms with Gasteiger partial charge in [-0.1, -0.05) is 19.5 Å². The summed E-state index contributed by atoms with van der Waals surface area (Å²) in [6, 6.07) is 0. The Morgan fingerprint density at radius 2 is 2.00 bits per heavy atom. The maximum atomic E-state index is 6.05. The molecular weight excluding hydrogens is 218 g/mol. The van der Waals surface area contributed by atoms with Crippen molar-refractivity contribution in [2.45, 2.75) is 64.5 Å². The van der Waals surface area contributed by atoms with Crippen LogP contribution in [-0.2, 0) is 9.47 Å². The first kappa shape index (κ1) is 14.2. The lowest BCUT2D eigenvalue weighted by Gasteiger charge is -2.45. The Morgan fingerprint density at radius 3 is 2.56 bits per heavy atom. The van der Waals surface area contributed by atoms with Gasteiger partial charge in [-0.3, -0.25) is 0 Å². The van der Waals surface area contributed by atoms with Gasteiger partial charge in [0.15, 0.2) is 0 Å². The minimum absolute atomic E-state index is 0.191. The molecule has 3 nitrogen and oxygen atoms in total. The summed E-state index contributed by atoms with van der Waals surface area (Å²) in [4.78, 5) is 3.72. The first-order valence-electron chi connectivity index (χ1n) is 6.68. The molecule has 96 valence electrons. The van der Waals surface area contributed by atoms with Gasteiger partial charge < -0.3 is 14.5 Å². The van der Waals surface area contributed by atoms with Gasteiger partial charge in [-0.15, -0.1) is 0 Å². The highest BCUT2D eigenvalue weighted by atomic mass is 28.3. The third-order valence-corrected chi connectivity index (χ3v) is 4.15. The first-order valence-corrected chi connectivity index (χ1v) is 9.56. The van der Waals surface area contributed by atoms with Gasteiger partial charge in [-0.05, 0) is 33.1 Å². The van der Waals surface area contributed by atoms with Crippen LogP contribution >= 0.6 is 0 Å². The molecule has 0 aromatic rings. The van der Waals surface area contributed by atoms with Crippen LogP contribution in [0.1, 0.15) is 39.5 Å². The van der Waals surface area contributed by atoms with Gasteiger partial charge >= 0.3 is 0 Å². The molecule has 1 aliphatic rings. The highest BCUT2D eigenvalue weighted by molar-refractivity contribution is 6.53. The fraction of sp³-hybridized carbons (Fsp3) is 1.00. The molecule has 0 saturated heterocycles. The Balaban J connectivity index is 2.74. The summed E-state index contributed by atoms with van der Waals surface area (Å²) in [6.07, 6.45) is 4.97. The molecule has 2 atom stereocenters. The number of nitrogens with one attached hydrogen (secondary N) is 1. The zero-order chi connectivity index (χ0) is 12.0. The van der Waals surface area contributed by atoms with Crippen molar-refractivity contribution < 1.29 is 9.47 Å². The van der Waals surface area contributed by atoms with Crippen LogP contribution in [0.3, 0.4) is 0 Å². The molecule has 1 N–H and O–H groups in total. The van der Waals surface area contributed by atoms with Crippen LogP contribution in [0.2, 0.25) is 13.1 Å². The van der Waals surface area contributed by atoms with Crippen LogP contribution in [0.5, 0.6) is 0 Å². The molecule has 0 heterocycles. The molecule has 1 saturated carbocycles. The Hall–Kier alpha value is 0.0969. The monoisotopic (exact) mass is 245 g/mol. The lowest BCUT2D eigenvalue weighted by Crippen LogP contribution is -2.62. The molecule has 0 amide bonds. The molecule has 16 heavy (non-hydrogen) atoms. The second-order valence-corrected chi connectivity index (χ2v) is 7.41. The summed E-state index contributed by atoms with van der Waals surface area (Å²) >= 11 is 0. The Morgan fingerprint density at radius 1 is 1.25 bits per heavy atom. The summed E-state index contributed by atoms with van der Waals surface area (Å²) in [5, 5.41) is 0. The maximum Gasteiger partial charge on any atom is 0.139 e. The second-order valence-electron chi connectivity index (χ2n) is 4.81. The molecule has 0 spiro atoms. The predicted octanol–water partition coefficient (Wildman–Crippen LogP) is 2.27. The summed E-state index contributed by atoms with van der Waals surface area (Å²) in [7, 11) is -0.861. The van der Waals surface area contributed by atoms with Gasteiger partial charge in [-0.25, -0.2) is 0 Å². The predicted molar refractivity (Wildman–Crippen MR) is 70.3 cm³/mol. The minimum atomic E-state index is -0.861. The summed E-state index contributed by atoms with van der Waals surface area (Å²) in [5.41, 5.74) is -0.191. The number of ether oxygens (including phenoxy) is 2. The molecule has 0 bridgehead atoms. The van der Waals surface area contributed by atoms with E-state index in [0.29, 0.717) is 0 Å². The van der Waals surface area contributed by atoms with E-state index in [4.69, 9.17) is 9.47 Å². The maximum absolute atomic E-state index is 6.05. The third-order valence-electron chi connectivity index (χ3n) is 3.09. The molecular formula is C12H27NO2Si. The standard InChI is InChI=1S/C12H27NO2Si/c1-5-14-11-9-7-8-10-12(11,15-6-2)13-16(3)4/h11,13,16H,5-10H2,1-4H3. The van der Waals surface area contributed by atoms with Gasteiger partial charge in [0.25, 0.3) is 0 Å². The zero-order valence-corrected chi connectivity index (χ0v) is 12.4. The Kier molecular flexibility index (Phi) is 5.96. The highest BCUT2D eigenvalue weighted by Crippen LogP contribution is 2.32. The van der Waals surface area contributed by atoms with Crippen LogP contribution in [0.4, 0.5) is 0 Å². The average molecular weight is 245 g/mol. The lowest BCUT2D eigenvalue weighted by molar-refractivity contribution is -0.168. The van der Waals surface area contributed by atoms with E-state index in [1.54, 1.807) is 0 Å². The molecule has 1 rings (SSSR count). The number of hydrogen-bond donors (Lipinski definition) is 1. The Bertz CT molecular complexity index is 195. The largest absolute Gasteiger partial charge is 0.374 e. The van der Waals surface area contributed by atoms with Gasteiger partial charge in [0.1, 0.15) is 14.7 Å². The van der Waals surface area contributed by atoms with E-state index >= 15 is 0 Å². The van der Waals surface area contributed by atoms with Crippen molar-refractivity contribution in [2.24, 2.45) is 0 Å². The first-order chi connectivity index (χ1) is 7.64. The smallest absolute Gasteiger partial charge is 0.139 e. The van der Waals surface area contributed by atoms with Crippen molar-refractivity contribution in [2.75, 3.05) is 13.2 Å². The lowest BCUT2D eigenvalue weighted by atomic mass is 9.89. The van der Waals surface area contributed by atoms with E-state index in [1.165, 1.54) is 12.8 Å². The Labute approximate surface area is 102 Å². The van der Waals surface area contributed by atoms with Crippen molar-refractivity contribution in [1.82, 2.24) is 4.98 Å². The average Bonchev–Trinajstić information content (AvgIpc) is 2.21. The quantitative estimate of drug-likeness (QED) is 0.575. The van der Waals surface area contributed by atoms with Crippen molar-refractivity contribution in [3.8, 4) is 0 Å². The van der Waals surface area contributed by atoms with E-state index in [9.17, 15) is 0 Å². The van der Waals surface area contributed by atoms with E-state index < -0.39 is 8.96 Å². The van der Waals surface area contributed by atoms with Crippen LogP contribution in [0.15, 0.2) is 0 Å². The highest BCUT2D eigenvalue weighted by Gasteiger charge is 2.42. The van der Waals surface area contributed by atoms with Crippen LogP contribution in [0, 0.1) is 0 Å². The van der Waals surface area contributed by atoms with E-state index in [0.717, 1.165) is 26.1 Å². The van der Waals surface area contributed by atoms with Gasteiger partial charge in [0.2, 0.25) is 0 Å².